The predicted molar refractivity (Wildman–Crippen MR) is 67.5 cm³/mol. The summed E-state index contributed by atoms with van der Waals surface area (Å²) in [5, 5.41) is 9.88. The summed E-state index contributed by atoms with van der Waals surface area (Å²) in [6.45, 7) is -0.352. The highest BCUT2D eigenvalue weighted by Gasteiger charge is 2.36. The zero-order chi connectivity index (χ0) is 13.6. The number of nitrogens with two attached hydrogens (primary N) is 1. The summed E-state index contributed by atoms with van der Waals surface area (Å²) in [7, 11) is 0. The van der Waals surface area contributed by atoms with Gasteiger partial charge in [0.15, 0.2) is 0 Å². The monoisotopic (exact) mass is 286 g/mol. The molecule has 102 valence electrons. The summed E-state index contributed by atoms with van der Waals surface area (Å²) < 4.78 is 20.7. The Kier molecular flexibility index (Phi) is 3.04. The molecule has 19 heavy (non-hydrogen) atoms. The number of aliphatic hydroxyl groups excluding tert-OH is 1. The number of nitrogens with zero attached hydrogens (tertiary/aromatic N) is 3. The molecule has 1 fully saturated rings. The highest BCUT2D eigenvalue weighted by molar-refractivity contribution is 6.34. The third kappa shape index (κ3) is 2.03. The van der Waals surface area contributed by atoms with Crippen LogP contribution in [0.5, 0.6) is 0 Å². The molecule has 8 heteroatoms. The lowest BCUT2D eigenvalue weighted by atomic mass is 10.2. The molecule has 0 unspecified atom stereocenters. The van der Waals surface area contributed by atoms with Crippen molar-refractivity contribution in [3.05, 3.63) is 17.4 Å². The van der Waals surface area contributed by atoms with Crippen LogP contribution in [0.2, 0.25) is 5.15 Å². The summed E-state index contributed by atoms with van der Waals surface area (Å²) in [5.41, 5.74) is 6.05. The molecule has 1 aliphatic rings. The molecule has 0 spiro atoms. The van der Waals surface area contributed by atoms with Crippen molar-refractivity contribution in [3.63, 3.8) is 0 Å². The predicted octanol–water partition coefficient (Wildman–Crippen LogP) is 1.28. The van der Waals surface area contributed by atoms with Gasteiger partial charge < -0.3 is 20.1 Å². The molecule has 6 nitrogen and oxygen atoms in total. The molecule has 3 rings (SSSR count). The van der Waals surface area contributed by atoms with Gasteiger partial charge in [-0.1, -0.05) is 11.6 Å². The van der Waals surface area contributed by atoms with E-state index in [4.69, 9.17) is 27.2 Å². The van der Waals surface area contributed by atoms with Crippen LogP contribution in [0.25, 0.3) is 11.0 Å². The minimum absolute atomic E-state index is 0.0472. The van der Waals surface area contributed by atoms with Crippen LogP contribution in [0.3, 0.4) is 0 Å². The maximum absolute atomic E-state index is 13.6. The van der Waals surface area contributed by atoms with Gasteiger partial charge in [0.25, 0.3) is 0 Å². The van der Waals surface area contributed by atoms with Crippen molar-refractivity contribution in [3.8, 4) is 0 Å². The number of rotatable bonds is 2. The van der Waals surface area contributed by atoms with Crippen molar-refractivity contribution < 1.29 is 14.2 Å². The van der Waals surface area contributed by atoms with Crippen LogP contribution < -0.4 is 5.73 Å². The first-order chi connectivity index (χ1) is 9.10. The van der Waals surface area contributed by atoms with Gasteiger partial charge in [0, 0.05) is 12.6 Å². The molecule has 0 bridgehead atoms. The van der Waals surface area contributed by atoms with E-state index in [2.05, 4.69) is 9.97 Å². The Morgan fingerprint density at radius 3 is 3.05 bits per heavy atom. The van der Waals surface area contributed by atoms with Gasteiger partial charge in [-0.15, -0.1) is 0 Å². The summed E-state index contributed by atoms with van der Waals surface area (Å²) in [6, 6.07) is 1.72. The van der Waals surface area contributed by atoms with Gasteiger partial charge in [-0.2, -0.15) is 4.98 Å². The van der Waals surface area contributed by atoms with E-state index in [-0.39, 0.29) is 24.1 Å². The summed E-state index contributed by atoms with van der Waals surface area (Å²) in [6.07, 6.45) is -0.701. The molecule has 0 saturated carbocycles. The van der Waals surface area contributed by atoms with Crippen molar-refractivity contribution >= 4 is 28.6 Å². The molecule has 0 aliphatic carbocycles. The van der Waals surface area contributed by atoms with E-state index in [1.807, 2.05) is 0 Å². The Hall–Kier alpha value is -1.44. The van der Waals surface area contributed by atoms with Crippen molar-refractivity contribution in [2.45, 2.75) is 24.9 Å². The Balaban J connectivity index is 2.02. The summed E-state index contributed by atoms with van der Waals surface area (Å²) in [5.74, 6) is 0.0472. The molecule has 1 aliphatic heterocycles. The fraction of sp³-hybridized carbons (Fsp3) is 0.455. The van der Waals surface area contributed by atoms with E-state index < -0.39 is 18.5 Å². The van der Waals surface area contributed by atoms with Gasteiger partial charge >= 0.3 is 0 Å². The molecular formula is C11H12ClFN4O2. The molecule has 0 amide bonds. The van der Waals surface area contributed by atoms with Crippen LogP contribution in [0.1, 0.15) is 12.6 Å². The van der Waals surface area contributed by atoms with Crippen LogP contribution in [0.15, 0.2) is 12.3 Å². The number of halogens is 2. The van der Waals surface area contributed by atoms with E-state index in [0.29, 0.717) is 11.0 Å². The zero-order valence-electron chi connectivity index (χ0n) is 9.83. The van der Waals surface area contributed by atoms with Crippen molar-refractivity contribution in [1.82, 2.24) is 14.5 Å². The Labute approximate surface area is 113 Å². The minimum Gasteiger partial charge on any atom is -0.394 e. The number of ether oxygens (including phenoxy) is 1. The van der Waals surface area contributed by atoms with E-state index in [1.54, 1.807) is 16.8 Å². The van der Waals surface area contributed by atoms with Crippen LogP contribution >= 0.6 is 11.6 Å². The topological polar surface area (TPSA) is 86.2 Å². The fourth-order valence-corrected chi connectivity index (χ4v) is 2.50. The second-order valence-corrected chi connectivity index (χ2v) is 4.75. The minimum atomic E-state index is -1.21. The molecule has 3 atom stereocenters. The van der Waals surface area contributed by atoms with Crippen molar-refractivity contribution in [1.29, 1.82) is 0 Å². The van der Waals surface area contributed by atoms with Crippen molar-refractivity contribution in [2.75, 3.05) is 12.3 Å². The number of aromatic nitrogens is 3. The Bertz CT molecular complexity index is 620. The van der Waals surface area contributed by atoms with Gasteiger partial charge in [0.05, 0.1) is 12.0 Å². The first-order valence-electron chi connectivity index (χ1n) is 5.80. The van der Waals surface area contributed by atoms with Gasteiger partial charge in [0.2, 0.25) is 5.95 Å². The summed E-state index contributed by atoms with van der Waals surface area (Å²) >= 11 is 5.97. The molecule has 0 radical (unpaired) electrons. The second kappa shape index (κ2) is 4.59. The lowest BCUT2D eigenvalue weighted by Gasteiger charge is -2.14. The highest BCUT2D eigenvalue weighted by atomic mass is 35.5. The molecule has 3 heterocycles. The smallest absolute Gasteiger partial charge is 0.223 e. The first kappa shape index (κ1) is 12.6. The average Bonchev–Trinajstić information content (AvgIpc) is 2.92. The highest BCUT2D eigenvalue weighted by Crippen LogP contribution is 2.34. The third-order valence-corrected chi connectivity index (χ3v) is 3.48. The number of nitrogen functional groups attached to an aromatic ring is 1. The zero-order valence-corrected chi connectivity index (χ0v) is 10.6. The van der Waals surface area contributed by atoms with Gasteiger partial charge in [-0.3, -0.25) is 0 Å². The molecule has 1 saturated heterocycles. The van der Waals surface area contributed by atoms with Crippen LogP contribution in [-0.2, 0) is 4.74 Å². The van der Waals surface area contributed by atoms with Crippen LogP contribution in [0.4, 0.5) is 10.3 Å². The number of fused-ring (bicyclic) bond motifs is 1. The quantitative estimate of drug-likeness (QED) is 0.812. The van der Waals surface area contributed by atoms with E-state index in [1.165, 1.54) is 0 Å². The summed E-state index contributed by atoms with van der Waals surface area (Å²) in [4.78, 5) is 7.95. The maximum Gasteiger partial charge on any atom is 0.223 e. The molecule has 0 aromatic carbocycles. The first-order valence-corrected chi connectivity index (χ1v) is 6.18. The van der Waals surface area contributed by atoms with E-state index in [9.17, 15) is 4.39 Å². The second-order valence-electron chi connectivity index (χ2n) is 4.40. The number of anilines is 1. The number of hydrogen-bond acceptors (Lipinski definition) is 5. The Morgan fingerprint density at radius 1 is 1.58 bits per heavy atom. The Morgan fingerprint density at radius 2 is 2.37 bits per heavy atom. The molecule has 2 aromatic heterocycles. The SMILES string of the molecule is Nc1nc(Cl)c2ccn([C@H]3C[C@H](F)[C@@H](CO)O3)c2n1. The van der Waals surface area contributed by atoms with Gasteiger partial charge in [-0.25, -0.2) is 9.37 Å². The normalized spacial score (nSPS) is 27.2. The third-order valence-electron chi connectivity index (χ3n) is 3.19. The largest absolute Gasteiger partial charge is 0.394 e. The lowest BCUT2D eigenvalue weighted by molar-refractivity contribution is -0.0321. The van der Waals surface area contributed by atoms with Crippen LogP contribution in [-0.4, -0.2) is 38.5 Å². The van der Waals surface area contributed by atoms with Gasteiger partial charge in [0.1, 0.15) is 29.3 Å². The van der Waals surface area contributed by atoms with Crippen LogP contribution in [0, 0.1) is 0 Å². The number of alkyl halides is 1. The molecule has 2 aromatic rings. The van der Waals surface area contributed by atoms with E-state index in [0.717, 1.165) is 0 Å². The number of hydrogen-bond donors (Lipinski definition) is 2. The standard InChI is InChI=1S/C11H12ClFN4O2/c12-9-5-1-2-17(10(5)16-11(14)15-9)8-3-6(13)7(4-18)19-8/h1-2,6-8,18H,3-4H2,(H2,14,15,16)/t6-,7+,8+/m0/s1. The van der Waals surface area contributed by atoms with Crippen molar-refractivity contribution in [2.24, 2.45) is 0 Å². The maximum atomic E-state index is 13.6. The molecular weight excluding hydrogens is 275 g/mol. The van der Waals surface area contributed by atoms with Gasteiger partial charge in [-0.05, 0) is 6.07 Å². The number of aliphatic hydroxyl groups is 1. The average molecular weight is 287 g/mol. The fourth-order valence-electron chi connectivity index (χ4n) is 2.27. The molecule has 3 N–H and O–H groups in total. The lowest BCUT2D eigenvalue weighted by Crippen LogP contribution is -2.21. The van der Waals surface area contributed by atoms with E-state index >= 15 is 0 Å².